The monoisotopic (exact) mass is 320 g/mol. The van der Waals surface area contributed by atoms with Gasteiger partial charge in [0, 0.05) is 24.7 Å². The fourth-order valence-corrected chi connectivity index (χ4v) is 3.02. The highest BCUT2D eigenvalue weighted by Crippen LogP contribution is 2.19. The van der Waals surface area contributed by atoms with Crippen LogP contribution in [-0.2, 0) is 4.79 Å². The molecule has 1 saturated heterocycles. The van der Waals surface area contributed by atoms with E-state index in [2.05, 4.69) is 12.2 Å². The number of halogens is 1. The molecule has 0 bridgehead atoms. The molecule has 0 aromatic heterocycles. The molecule has 0 unspecified atom stereocenters. The van der Waals surface area contributed by atoms with E-state index in [0.29, 0.717) is 18.7 Å². The number of likely N-dealkylation sites (tertiary alicyclic amines) is 1. The van der Waals surface area contributed by atoms with Gasteiger partial charge < -0.3 is 10.2 Å². The zero-order valence-electron chi connectivity index (χ0n) is 13.8. The molecule has 126 valence electrons. The topological polar surface area (TPSA) is 49.4 Å². The molecule has 1 aromatic carbocycles. The molecule has 23 heavy (non-hydrogen) atoms. The van der Waals surface area contributed by atoms with Crippen LogP contribution in [0.2, 0.25) is 0 Å². The Hall–Kier alpha value is -1.91. The van der Waals surface area contributed by atoms with Gasteiger partial charge in [0.05, 0.1) is 5.92 Å². The van der Waals surface area contributed by atoms with Crippen molar-refractivity contribution in [1.82, 2.24) is 10.2 Å². The Bertz CT molecular complexity index is 544. The number of carbonyl (C=O) groups excluding carboxylic acids is 2. The summed E-state index contributed by atoms with van der Waals surface area (Å²) in [6, 6.07) is 5.72. The van der Waals surface area contributed by atoms with E-state index in [-0.39, 0.29) is 29.6 Å². The van der Waals surface area contributed by atoms with Crippen LogP contribution in [0.5, 0.6) is 0 Å². The maximum atomic E-state index is 13.0. The predicted octanol–water partition coefficient (Wildman–Crippen LogP) is 2.98. The van der Waals surface area contributed by atoms with Gasteiger partial charge >= 0.3 is 0 Å². The fourth-order valence-electron chi connectivity index (χ4n) is 3.02. The predicted molar refractivity (Wildman–Crippen MR) is 87.5 cm³/mol. The summed E-state index contributed by atoms with van der Waals surface area (Å²) in [6.45, 7) is 5.17. The van der Waals surface area contributed by atoms with Crippen molar-refractivity contribution in [3.05, 3.63) is 35.6 Å². The lowest BCUT2D eigenvalue weighted by Gasteiger charge is -2.32. The summed E-state index contributed by atoms with van der Waals surface area (Å²) in [7, 11) is 0. The second-order valence-corrected chi connectivity index (χ2v) is 6.30. The Morgan fingerprint density at radius 3 is 2.70 bits per heavy atom. The molecule has 2 amide bonds. The van der Waals surface area contributed by atoms with Gasteiger partial charge in [-0.2, -0.15) is 0 Å². The van der Waals surface area contributed by atoms with E-state index in [0.717, 1.165) is 25.7 Å². The van der Waals surface area contributed by atoms with Gasteiger partial charge in [-0.15, -0.1) is 0 Å². The van der Waals surface area contributed by atoms with E-state index in [1.165, 1.54) is 24.3 Å². The van der Waals surface area contributed by atoms with Gasteiger partial charge in [0.15, 0.2) is 0 Å². The Morgan fingerprint density at radius 2 is 2.04 bits per heavy atom. The fraction of sp³-hybridized carbons (Fsp3) is 0.556. The Labute approximate surface area is 137 Å². The zero-order chi connectivity index (χ0) is 16.8. The summed E-state index contributed by atoms with van der Waals surface area (Å²) in [4.78, 5) is 26.5. The van der Waals surface area contributed by atoms with Gasteiger partial charge in [-0.05, 0) is 50.5 Å². The standard InChI is InChI=1S/C18H25FN2O2/c1-3-5-13(2)20-17(22)15-6-4-11-21(12-15)18(23)14-7-9-16(19)10-8-14/h7-10,13,15H,3-6,11-12H2,1-2H3,(H,20,22)/t13-,15-/m1/s1. The number of hydrogen-bond acceptors (Lipinski definition) is 2. The van der Waals surface area contributed by atoms with Crippen LogP contribution in [0.25, 0.3) is 0 Å². The second-order valence-electron chi connectivity index (χ2n) is 6.30. The van der Waals surface area contributed by atoms with E-state index in [1.54, 1.807) is 4.90 Å². The van der Waals surface area contributed by atoms with Crippen LogP contribution in [0.15, 0.2) is 24.3 Å². The quantitative estimate of drug-likeness (QED) is 0.907. The van der Waals surface area contributed by atoms with E-state index >= 15 is 0 Å². The second kappa shape index (κ2) is 8.09. The molecule has 0 saturated carbocycles. The number of hydrogen-bond donors (Lipinski definition) is 1. The van der Waals surface area contributed by atoms with Gasteiger partial charge in [-0.3, -0.25) is 9.59 Å². The van der Waals surface area contributed by atoms with Gasteiger partial charge in [-0.25, -0.2) is 4.39 Å². The number of nitrogens with one attached hydrogen (secondary N) is 1. The van der Waals surface area contributed by atoms with Gasteiger partial charge in [0.2, 0.25) is 5.91 Å². The van der Waals surface area contributed by atoms with Crippen molar-refractivity contribution in [2.24, 2.45) is 5.92 Å². The lowest BCUT2D eigenvalue weighted by molar-refractivity contribution is -0.127. The third-order valence-electron chi connectivity index (χ3n) is 4.28. The number of benzene rings is 1. The minimum Gasteiger partial charge on any atom is -0.353 e. The van der Waals surface area contributed by atoms with E-state index < -0.39 is 0 Å². The molecule has 1 aromatic rings. The Morgan fingerprint density at radius 1 is 1.35 bits per heavy atom. The van der Waals surface area contributed by atoms with Crippen molar-refractivity contribution in [3.63, 3.8) is 0 Å². The van der Waals surface area contributed by atoms with Crippen molar-refractivity contribution in [3.8, 4) is 0 Å². The summed E-state index contributed by atoms with van der Waals surface area (Å²) in [5.74, 6) is -0.624. The molecule has 1 N–H and O–H groups in total. The van der Waals surface area contributed by atoms with E-state index in [4.69, 9.17) is 0 Å². The van der Waals surface area contributed by atoms with Crippen LogP contribution in [0.4, 0.5) is 4.39 Å². The largest absolute Gasteiger partial charge is 0.353 e. The molecule has 1 aliphatic rings. The normalized spacial score (nSPS) is 19.3. The molecule has 1 aliphatic heterocycles. The highest BCUT2D eigenvalue weighted by molar-refractivity contribution is 5.94. The molecule has 4 nitrogen and oxygen atoms in total. The molecule has 5 heteroatoms. The van der Waals surface area contributed by atoms with Crippen molar-refractivity contribution in [2.75, 3.05) is 13.1 Å². The van der Waals surface area contributed by atoms with Gasteiger partial charge in [0.25, 0.3) is 5.91 Å². The third kappa shape index (κ3) is 4.78. The minimum atomic E-state index is -0.359. The van der Waals surface area contributed by atoms with E-state index in [9.17, 15) is 14.0 Å². The summed E-state index contributed by atoms with van der Waals surface area (Å²) in [6.07, 6.45) is 3.60. The highest BCUT2D eigenvalue weighted by Gasteiger charge is 2.29. The van der Waals surface area contributed by atoms with Crippen molar-refractivity contribution in [2.45, 2.75) is 45.6 Å². The molecule has 1 heterocycles. The summed E-state index contributed by atoms with van der Waals surface area (Å²) in [5, 5.41) is 3.03. The highest BCUT2D eigenvalue weighted by atomic mass is 19.1. The zero-order valence-corrected chi connectivity index (χ0v) is 13.8. The molecule has 0 radical (unpaired) electrons. The van der Waals surface area contributed by atoms with E-state index in [1.807, 2.05) is 6.92 Å². The molecule has 1 fully saturated rings. The average molecular weight is 320 g/mol. The number of piperidine rings is 1. The summed E-state index contributed by atoms with van der Waals surface area (Å²) < 4.78 is 13.0. The molecule has 0 spiro atoms. The van der Waals surface area contributed by atoms with Crippen molar-refractivity contribution < 1.29 is 14.0 Å². The summed E-state index contributed by atoms with van der Waals surface area (Å²) >= 11 is 0. The first-order chi connectivity index (χ1) is 11.0. The van der Waals surface area contributed by atoms with Gasteiger partial charge in [-0.1, -0.05) is 13.3 Å². The Balaban J connectivity index is 1.96. The van der Waals surface area contributed by atoms with Crippen LogP contribution in [0, 0.1) is 11.7 Å². The van der Waals surface area contributed by atoms with Crippen LogP contribution in [0.1, 0.15) is 49.9 Å². The van der Waals surface area contributed by atoms with Crippen molar-refractivity contribution in [1.29, 1.82) is 0 Å². The smallest absolute Gasteiger partial charge is 0.253 e. The van der Waals surface area contributed by atoms with Crippen LogP contribution in [-0.4, -0.2) is 35.8 Å². The SMILES string of the molecule is CCC[C@@H](C)NC(=O)[C@@H]1CCCN(C(=O)c2ccc(F)cc2)C1. The summed E-state index contributed by atoms with van der Waals surface area (Å²) in [5.41, 5.74) is 0.465. The minimum absolute atomic E-state index is 0.0301. The molecular formula is C18H25FN2O2. The number of rotatable bonds is 5. The first kappa shape index (κ1) is 17.4. The Kier molecular flexibility index (Phi) is 6.13. The van der Waals surface area contributed by atoms with Gasteiger partial charge in [0.1, 0.15) is 5.82 Å². The van der Waals surface area contributed by atoms with Crippen LogP contribution < -0.4 is 5.32 Å². The van der Waals surface area contributed by atoms with Crippen LogP contribution >= 0.6 is 0 Å². The maximum absolute atomic E-state index is 13.0. The maximum Gasteiger partial charge on any atom is 0.253 e. The molecular weight excluding hydrogens is 295 g/mol. The molecule has 2 rings (SSSR count). The number of nitrogens with zero attached hydrogens (tertiary/aromatic N) is 1. The molecule has 0 aliphatic carbocycles. The first-order valence-electron chi connectivity index (χ1n) is 8.36. The number of carbonyl (C=O) groups is 2. The average Bonchev–Trinajstić information content (AvgIpc) is 2.55. The first-order valence-corrected chi connectivity index (χ1v) is 8.36. The lowest BCUT2D eigenvalue weighted by atomic mass is 9.96. The third-order valence-corrected chi connectivity index (χ3v) is 4.28. The van der Waals surface area contributed by atoms with Crippen LogP contribution in [0.3, 0.4) is 0 Å². The lowest BCUT2D eigenvalue weighted by Crippen LogP contribution is -2.47. The number of amides is 2. The molecule has 2 atom stereocenters. The van der Waals surface area contributed by atoms with Crippen molar-refractivity contribution >= 4 is 11.8 Å².